The maximum absolute atomic E-state index is 12.1. The molecule has 0 radical (unpaired) electrons. The molecule has 0 aromatic heterocycles. The number of methoxy groups -OCH3 is 1. The highest BCUT2D eigenvalue weighted by atomic mass is 127. The standard InChI is InChI=1S/C23H19BrClIN2O3/c1-30-21-11-17(13-27-28-22(29)12-15-2-6-18(24)7-3-15)10-20(26)23(21)31-14-16-4-8-19(25)9-5-16/h2-11,13H,12,14H2,1H3,(H,28,29)/b27-13+. The van der Waals surface area contributed by atoms with Crippen LogP contribution in [-0.4, -0.2) is 19.2 Å². The highest BCUT2D eigenvalue weighted by molar-refractivity contribution is 14.1. The number of hydrogen-bond acceptors (Lipinski definition) is 4. The first-order valence-electron chi connectivity index (χ1n) is 9.25. The first-order valence-corrected chi connectivity index (χ1v) is 11.5. The zero-order valence-corrected chi connectivity index (χ0v) is 21.1. The van der Waals surface area contributed by atoms with E-state index < -0.39 is 0 Å². The Morgan fingerprint density at radius 2 is 1.81 bits per heavy atom. The zero-order chi connectivity index (χ0) is 22.2. The Morgan fingerprint density at radius 3 is 2.48 bits per heavy atom. The largest absolute Gasteiger partial charge is 0.493 e. The van der Waals surface area contributed by atoms with Crippen LogP contribution in [0.25, 0.3) is 0 Å². The van der Waals surface area contributed by atoms with Crippen LogP contribution in [0.5, 0.6) is 11.5 Å². The Balaban J connectivity index is 1.62. The van der Waals surface area contributed by atoms with Crippen molar-refractivity contribution in [1.82, 2.24) is 5.43 Å². The lowest BCUT2D eigenvalue weighted by atomic mass is 10.1. The van der Waals surface area contributed by atoms with Crippen LogP contribution in [0.1, 0.15) is 16.7 Å². The number of ether oxygens (including phenoxy) is 2. The van der Waals surface area contributed by atoms with Gasteiger partial charge in [-0.15, -0.1) is 0 Å². The number of nitrogens with zero attached hydrogens (tertiary/aromatic N) is 1. The van der Waals surface area contributed by atoms with Crippen LogP contribution in [0.15, 0.2) is 70.2 Å². The molecule has 8 heteroatoms. The summed E-state index contributed by atoms with van der Waals surface area (Å²) in [6.45, 7) is 0.392. The molecule has 0 spiro atoms. The number of rotatable bonds is 8. The molecule has 5 nitrogen and oxygen atoms in total. The minimum Gasteiger partial charge on any atom is -0.493 e. The molecule has 0 saturated carbocycles. The maximum Gasteiger partial charge on any atom is 0.244 e. The van der Waals surface area contributed by atoms with E-state index in [1.165, 1.54) is 0 Å². The van der Waals surface area contributed by atoms with E-state index in [4.69, 9.17) is 21.1 Å². The molecule has 3 aromatic carbocycles. The predicted octanol–water partition coefficient (Wildman–Crippen LogP) is 5.99. The third-order valence-electron chi connectivity index (χ3n) is 4.23. The second-order valence-electron chi connectivity index (χ2n) is 6.55. The molecule has 0 fully saturated rings. The van der Waals surface area contributed by atoms with Gasteiger partial charge in [0.25, 0.3) is 0 Å². The molecule has 3 aromatic rings. The normalized spacial score (nSPS) is 10.8. The third-order valence-corrected chi connectivity index (χ3v) is 5.81. The molecule has 1 N–H and O–H groups in total. The monoisotopic (exact) mass is 612 g/mol. The van der Waals surface area contributed by atoms with Crippen LogP contribution in [0.4, 0.5) is 0 Å². The van der Waals surface area contributed by atoms with Gasteiger partial charge < -0.3 is 9.47 Å². The van der Waals surface area contributed by atoms with Crippen molar-refractivity contribution in [3.05, 3.63) is 90.4 Å². The Hall–Kier alpha value is -2.10. The summed E-state index contributed by atoms with van der Waals surface area (Å²) in [6, 6.07) is 18.8. The van der Waals surface area contributed by atoms with Gasteiger partial charge in [0.2, 0.25) is 5.91 Å². The van der Waals surface area contributed by atoms with E-state index in [1.54, 1.807) is 13.3 Å². The van der Waals surface area contributed by atoms with Crippen LogP contribution in [0.2, 0.25) is 5.02 Å². The first kappa shape index (κ1) is 23.6. The van der Waals surface area contributed by atoms with Crippen molar-refractivity contribution in [2.75, 3.05) is 7.11 Å². The minimum absolute atomic E-state index is 0.192. The second kappa shape index (κ2) is 11.5. The Morgan fingerprint density at radius 1 is 1.13 bits per heavy atom. The molecule has 0 aliphatic carbocycles. The van der Waals surface area contributed by atoms with Crippen molar-refractivity contribution in [3.63, 3.8) is 0 Å². The van der Waals surface area contributed by atoms with Gasteiger partial charge in [-0.25, -0.2) is 5.43 Å². The first-order chi connectivity index (χ1) is 14.9. The number of halogens is 3. The van der Waals surface area contributed by atoms with Crippen molar-refractivity contribution < 1.29 is 14.3 Å². The number of benzene rings is 3. The molecule has 3 rings (SSSR count). The summed E-state index contributed by atoms with van der Waals surface area (Å²) in [5, 5.41) is 4.74. The van der Waals surface area contributed by atoms with Gasteiger partial charge >= 0.3 is 0 Å². The van der Waals surface area contributed by atoms with E-state index in [2.05, 4.69) is 49.0 Å². The average molecular weight is 614 g/mol. The highest BCUT2D eigenvalue weighted by Gasteiger charge is 2.12. The van der Waals surface area contributed by atoms with Crippen molar-refractivity contribution in [3.8, 4) is 11.5 Å². The van der Waals surface area contributed by atoms with Crippen molar-refractivity contribution in [2.45, 2.75) is 13.0 Å². The third kappa shape index (κ3) is 7.22. The van der Waals surface area contributed by atoms with Gasteiger partial charge in [-0.2, -0.15) is 5.10 Å². The van der Waals surface area contributed by atoms with Crippen molar-refractivity contribution in [2.24, 2.45) is 5.10 Å². The van der Waals surface area contributed by atoms with E-state index in [9.17, 15) is 4.79 Å². The molecule has 0 saturated heterocycles. The van der Waals surface area contributed by atoms with E-state index in [0.717, 1.165) is 24.7 Å². The molecular weight excluding hydrogens is 595 g/mol. The van der Waals surface area contributed by atoms with Gasteiger partial charge in [-0.1, -0.05) is 51.8 Å². The highest BCUT2D eigenvalue weighted by Crippen LogP contribution is 2.34. The van der Waals surface area contributed by atoms with Gasteiger partial charge in [0.15, 0.2) is 11.5 Å². The summed E-state index contributed by atoms with van der Waals surface area (Å²) in [5.74, 6) is 1.04. The summed E-state index contributed by atoms with van der Waals surface area (Å²) in [4.78, 5) is 12.1. The quantitative estimate of drug-likeness (QED) is 0.193. The Labute approximate surface area is 208 Å². The predicted molar refractivity (Wildman–Crippen MR) is 135 cm³/mol. The van der Waals surface area contributed by atoms with E-state index >= 15 is 0 Å². The summed E-state index contributed by atoms with van der Waals surface area (Å²) in [5.41, 5.74) is 5.24. The summed E-state index contributed by atoms with van der Waals surface area (Å²) >= 11 is 11.5. The van der Waals surface area contributed by atoms with Gasteiger partial charge in [0.05, 0.1) is 23.3 Å². The van der Waals surface area contributed by atoms with Gasteiger partial charge in [-0.3, -0.25) is 4.79 Å². The van der Waals surface area contributed by atoms with Gasteiger partial charge in [0, 0.05) is 9.50 Å². The SMILES string of the molecule is COc1cc(/C=N/NC(=O)Cc2ccc(Br)cc2)cc(I)c1OCc1ccc(Cl)cc1. The fourth-order valence-corrected chi connectivity index (χ4v) is 3.87. The molecule has 0 bridgehead atoms. The average Bonchev–Trinajstić information content (AvgIpc) is 2.75. The molecule has 160 valence electrons. The second-order valence-corrected chi connectivity index (χ2v) is 9.06. The lowest BCUT2D eigenvalue weighted by molar-refractivity contribution is -0.120. The van der Waals surface area contributed by atoms with E-state index in [1.807, 2.05) is 60.7 Å². The summed E-state index contributed by atoms with van der Waals surface area (Å²) < 4.78 is 13.3. The molecule has 31 heavy (non-hydrogen) atoms. The Kier molecular flexibility index (Phi) is 8.74. The molecule has 0 heterocycles. The van der Waals surface area contributed by atoms with Gasteiger partial charge in [0.1, 0.15) is 6.61 Å². The smallest absolute Gasteiger partial charge is 0.244 e. The number of carbonyl (C=O) groups excluding carboxylic acids is 1. The van der Waals surface area contributed by atoms with Crippen LogP contribution >= 0.6 is 50.1 Å². The van der Waals surface area contributed by atoms with Crippen LogP contribution in [-0.2, 0) is 17.8 Å². The molecular formula is C23H19BrClIN2O3. The van der Waals surface area contributed by atoms with Crippen molar-refractivity contribution >= 4 is 62.2 Å². The van der Waals surface area contributed by atoms with E-state index in [-0.39, 0.29) is 12.3 Å². The van der Waals surface area contributed by atoms with Crippen molar-refractivity contribution in [1.29, 1.82) is 0 Å². The molecule has 0 aliphatic rings. The lowest BCUT2D eigenvalue weighted by Crippen LogP contribution is -2.19. The minimum atomic E-state index is -0.192. The number of nitrogens with one attached hydrogen (secondary N) is 1. The van der Waals surface area contributed by atoms with Gasteiger partial charge in [-0.05, 0) is 75.7 Å². The number of hydrogen-bond donors (Lipinski definition) is 1. The number of carbonyl (C=O) groups is 1. The Bertz CT molecular complexity index is 1070. The number of amides is 1. The fourth-order valence-electron chi connectivity index (χ4n) is 2.70. The van der Waals surface area contributed by atoms with Crippen LogP contribution < -0.4 is 14.9 Å². The number of hydrazone groups is 1. The maximum atomic E-state index is 12.1. The summed E-state index contributed by atoms with van der Waals surface area (Å²) in [7, 11) is 1.58. The van der Waals surface area contributed by atoms with Crippen LogP contribution in [0.3, 0.4) is 0 Å². The van der Waals surface area contributed by atoms with E-state index in [0.29, 0.717) is 23.1 Å². The van der Waals surface area contributed by atoms with Crippen LogP contribution in [0, 0.1) is 3.57 Å². The molecule has 0 aliphatic heterocycles. The molecule has 0 unspecified atom stereocenters. The zero-order valence-electron chi connectivity index (χ0n) is 16.6. The topological polar surface area (TPSA) is 59.9 Å². The lowest BCUT2D eigenvalue weighted by Gasteiger charge is -2.13. The summed E-state index contributed by atoms with van der Waals surface area (Å²) in [6.07, 6.45) is 1.83. The molecule has 1 amide bonds. The molecule has 0 atom stereocenters. The fraction of sp³-hybridized carbons (Fsp3) is 0.130.